The van der Waals surface area contributed by atoms with E-state index in [1.165, 1.54) is 5.56 Å². The van der Waals surface area contributed by atoms with Crippen molar-refractivity contribution >= 4 is 11.6 Å². The molecule has 2 aromatic rings. The normalized spacial score (nSPS) is 12.4. The van der Waals surface area contributed by atoms with Crippen LogP contribution in [0, 0.1) is 0 Å². The van der Waals surface area contributed by atoms with Crippen molar-refractivity contribution in [1.29, 1.82) is 0 Å². The van der Waals surface area contributed by atoms with E-state index in [1.54, 1.807) is 6.07 Å². The fourth-order valence-corrected chi connectivity index (χ4v) is 1.77. The molecule has 0 fully saturated rings. The molecule has 0 radical (unpaired) electrons. The highest BCUT2D eigenvalue weighted by Crippen LogP contribution is 2.18. The van der Waals surface area contributed by atoms with E-state index in [2.05, 4.69) is 41.4 Å². The van der Waals surface area contributed by atoms with E-state index in [9.17, 15) is 0 Å². The van der Waals surface area contributed by atoms with Gasteiger partial charge in [-0.25, -0.2) is 0 Å². The minimum absolute atomic E-state index is 0.441. The van der Waals surface area contributed by atoms with E-state index in [4.69, 9.17) is 11.6 Å². The molecule has 0 spiro atoms. The Morgan fingerprint density at radius 1 is 1.06 bits per heavy atom. The van der Waals surface area contributed by atoms with Gasteiger partial charge in [0.1, 0.15) is 0 Å². The molecular weight excluding hydrogens is 220 g/mol. The lowest BCUT2D eigenvalue weighted by Crippen LogP contribution is -2.01. The summed E-state index contributed by atoms with van der Waals surface area (Å²) in [5.41, 5.74) is 2.29. The van der Waals surface area contributed by atoms with Gasteiger partial charge in [-0.3, -0.25) is 0 Å². The molecule has 0 saturated heterocycles. The van der Waals surface area contributed by atoms with Gasteiger partial charge in [0.15, 0.2) is 5.15 Å². The molecule has 0 aliphatic carbocycles. The largest absolute Gasteiger partial charge is 0.154 e. The Kier molecular flexibility index (Phi) is 3.52. The Morgan fingerprint density at radius 3 is 2.44 bits per heavy atom. The Bertz CT molecular complexity index is 439. The zero-order valence-corrected chi connectivity index (χ0v) is 9.85. The predicted molar refractivity (Wildman–Crippen MR) is 65.6 cm³/mol. The van der Waals surface area contributed by atoms with Crippen LogP contribution in [0.2, 0.25) is 5.15 Å². The van der Waals surface area contributed by atoms with Crippen LogP contribution in [-0.4, -0.2) is 10.2 Å². The second-order valence-electron chi connectivity index (χ2n) is 3.86. The number of hydrogen-bond donors (Lipinski definition) is 0. The van der Waals surface area contributed by atoms with Crippen LogP contribution in [0.5, 0.6) is 0 Å². The van der Waals surface area contributed by atoms with Crippen molar-refractivity contribution in [3.05, 3.63) is 58.9 Å². The quantitative estimate of drug-likeness (QED) is 0.810. The molecule has 0 amide bonds. The highest BCUT2D eigenvalue weighted by molar-refractivity contribution is 6.29. The van der Waals surface area contributed by atoms with Gasteiger partial charge < -0.3 is 0 Å². The maximum Gasteiger partial charge on any atom is 0.151 e. The molecule has 1 aromatic carbocycles. The molecule has 0 aliphatic heterocycles. The molecule has 82 valence electrons. The van der Waals surface area contributed by atoms with E-state index in [-0.39, 0.29) is 0 Å². The molecule has 2 rings (SSSR count). The van der Waals surface area contributed by atoms with Gasteiger partial charge in [0, 0.05) is 0 Å². The molecule has 0 N–H and O–H groups in total. The Balaban J connectivity index is 2.08. The Morgan fingerprint density at radius 2 is 1.81 bits per heavy atom. The fourth-order valence-electron chi connectivity index (χ4n) is 1.67. The topological polar surface area (TPSA) is 25.8 Å². The molecule has 1 heterocycles. The SMILES string of the molecule is C[C@H](Cc1ccc(Cl)nn1)c1ccccc1. The van der Waals surface area contributed by atoms with Crippen LogP contribution in [-0.2, 0) is 6.42 Å². The molecule has 0 bridgehead atoms. The van der Waals surface area contributed by atoms with E-state index in [0.717, 1.165) is 12.1 Å². The number of benzene rings is 1. The second-order valence-corrected chi connectivity index (χ2v) is 4.25. The molecule has 1 aromatic heterocycles. The summed E-state index contributed by atoms with van der Waals surface area (Å²) in [5.74, 6) is 0.441. The van der Waals surface area contributed by atoms with Gasteiger partial charge >= 0.3 is 0 Å². The maximum absolute atomic E-state index is 5.69. The zero-order valence-electron chi connectivity index (χ0n) is 9.10. The van der Waals surface area contributed by atoms with Gasteiger partial charge in [-0.15, -0.1) is 5.10 Å². The van der Waals surface area contributed by atoms with Crippen LogP contribution in [0.4, 0.5) is 0 Å². The first kappa shape index (κ1) is 11.1. The maximum atomic E-state index is 5.69. The van der Waals surface area contributed by atoms with Gasteiger partial charge in [-0.1, -0.05) is 48.9 Å². The fraction of sp³-hybridized carbons (Fsp3) is 0.231. The predicted octanol–water partition coefficient (Wildman–Crippen LogP) is 3.48. The summed E-state index contributed by atoms with van der Waals surface area (Å²) < 4.78 is 0. The van der Waals surface area contributed by atoms with E-state index in [0.29, 0.717) is 11.1 Å². The summed E-state index contributed by atoms with van der Waals surface area (Å²) in [6.45, 7) is 2.19. The molecule has 0 aliphatic rings. The highest BCUT2D eigenvalue weighted by atomic mass is 35.5. The number of hydrogen-bond acceptors (Lipinski definition) is 2. The lowest BCUT2D eigenvalue weighted by molar-refractivity contribution is 0.726. The van der Waals surface area contributed by atoms with E-state index in [1.807, 2.05) is 12.1 Å². The molecule has 3 heteroatoms. The molecule has 0 unspecified atom stereocenters. The van der Waals surface area contributed by atoms with Crippen LogP contribution in [0.1, 0.15) is 24.1 Å². The van der Waals surface area contributed by atoms with Gasteiger partial charge in [-0.05, 0) is 30.0 Å². The average molecular weight is 233 g/mol. The van der Waals surface area contributed by atoms with Crippen molar-refractivity contribution in [2.45, 2.75) is 19.3 Å². The molecular formula is C13H13ClN2. The molecule has 2 nitrogen and oxygen atoms in total. The Hall–Kier alpha value is -1.41. The van der Waals surface area contributed by atoms with Crippen molar-refractivity contribution in [2.75, 3.05) is 0 Å². The van der Waals surface area contributed by atoms with Crippen LogP contribution in [0.3, 0.4) is 0 Å². The third-order valence-corrected chi connectivity index (χ3v) is 2.77. The lowest BCUT2D eigenvalue weighted by atomic mass is 9.96. The lowest BCUT2D eigenvalue weighted by Gasteiger charge is -2.10. The number of aromatic nitrogens is 2. The molecule has 0 saturated carbocycles. The van der Waals surface area contributed by atoms with Crippen molar-refractivity contribution in [2.24, 2.45) is 0 Å². The number of nitrogens with zero attached hydrogens (tertiary/aromatic N) is 2. The summed E-state index contributed by atoms with van der Waals surface area (Å²) in [5, 5.41) is 8.34. The summed E-state index contributed by atoms with van der Waals surface area (Å²) in [6, 6.07) is 14.1. The first-order valence-electron chi connectivity index (χ1n) is 5.29. The van der Waals surface area contributed by atoms with Crippen molar-refractivity contribution in [3.8, 4) is 0 Å². The second kappa shape index (κ2) is 5.08. The van der Waals surface area contributed by atoms with Gasteiger partial charge in [0.2, 0.25) is 0 Å². The Labute approximate surface area is 100 Å². The highest BCUT2D eigenvalue weighted by Gasteiger charge is 2.07. The monoisotopic (exact) mass is 232 g/mol. The first-order chi connectivity index (χ1) is 7.75. The summed E-state index contributed by atoms with van der Waals surface area (Å²) in [4.78, 5) is 0. The smallest absolute Gasteiger partial charge is 0.151 e. The van der Waals surface area contributed by atoms with Crippen LogP contribution in [0.15, 0.2) is 42.5 Å². The number of rotatable bonds is 3. The third-order valence-electron chi connectivity index (χ3n) is 2.57. The average Bonchev–Trinajstić information content (AvgIpc) is 2.33. The van der Waals surface area contributed by atoms with Crippen LogP contribution in [0.25, 0.3) is 0 Å². The zero-order chi connectivity index (χ0) is 11.4. The van der Waals surface area contributed by atoms with Crippen molar-refractivity contribution in [3.63, 3.8) is 0 Å². The van der Waals surface area contributed by atoms with E-state index < -0.39 is 0 Å². The van der Waals surface area contributed by atoms with Crippen LogP contribution < -0.4 is 0 Å². The first-order valence-corrected chi connectivity index (χ1v) is 5.66. The molecule has 16 heavy (non-hydrogen) atoms. The van der Waals surface area contributed by atoms with Gasteiger partial charge in [-0.2, -0.15) is 5.10 Å². The summed E-state index contributed by atoms with van der Waals surface area (Å²) in [6.07, 6.45) is 0.883. The minimum atomic E-state index is 0.441. The van der Waals surface area contributed by atoms with Gasteiger partial charge in [0.05, 0.1) is 5.69 Å². The van der Waals surface area contributed by atoms with Crippen LogP contribution >= 0.6 is 11.6 Å². The van der Waals surface area contributed by atoms with E-state index >= 15 is 0 Å². The summed E-state index contributed by atoms with van der Waals surface area (Å²) >= 11 is 5.69. The molecule has 1 atom stereocenters. The summed E-state index contributed by atoms with van der Waals surface area (Å²) in [7, 11) is 0. The minimum Gasteiger partial charge on any atom is -0.154 e. The van der Waals surface area contributed by atoms with Crippen molar-refractivity contribution < 1.29 is 0 Å². The van der Waals surface area contributed by atoms with Crippen molar-refractivity contribution in [1.82, 2.24) is 10.2 Å². The third kappa shape index (κ3) is 2.80. The number of halogens is 1. The van der Waals surface area contributed by atoms with Gasteiger partial charge in [0.25, 0.3) is 0 Å². The standard InChI is InChI=1S/C13H13ClN2/c1-10(11-5-3-2-4-6-11)9-12-7-8-13(14)16-15-12/h2-8,10H,9H2,1H3/t10-/m1/s1.